The topological polar surface area (TPSA) is 100 Å². The van der Waals surface area contributed by atoms with Crippen LogP contribution in [0, 0.1) is 0 Å². The third-order valence-corrected chi connectivity index (χ3v) is 4.66. The highest BCUT2D eigenvalue weighted by atomic mass is 35.5. The summed E-state index contributed by atoms with van der Waals surface area (Å²) in [6.07, 6.45) is 7.57. The Hall–Kier alpha value is -3.03. The maximum absolute atomic E-state index is 12.6. The molecule has 0 saturated carbocycles. The summed E-state index contributed by atoms with van der Waals surface area (Å²) in [5, 5.41) is 16.0. The third kappa shape index (κ3) is 5.31. The van der Waals surface area contributed by atoms with Crippen molar-refractivity contribution in [1.29, 1.82) is 0 Å². The van der Waals surface area contributed by atoms with Gasteiger partial charge in [0.2, 0.25) is 0 Å². The van der Waals surface area contributed by atoms with Gasteiger partial charge in [-0.25, -0.2) is 0 Å². The Labute approximate surface area is 180 Å². The minimum atomic E-state index is -0.636. The zero-order chi connectivity index (χ0) is 21.7. The maximum Gasteiger partial charge on any atom is 0.255 e. The van der Waals surface area contributed by atoms with Crippen molar-refractivity contribution in [2.75, 3.05) is 11.9 Å². The first kappa shape index (κ1) is 21.7. The van der Waals surface area contributed by atoms with Gasteiger partial charge >= 0.3 is 0 Å². The van der Waals surface area contributed by atoms with Gasteiger partial charge in [-0.2, -0.15) is 0 Å². The van der Waals surface area contributed by atoms with Crippen LogP contribution >= 0.6 is 11.6 Å². The molecule has 0 saturated heterocycles. The summed E-state index contributed by atoms with van der Waals surface area (Å²) >= 11 is 6.08. The number of nitrogens with one attached hydrogen (secondary N) is 2. The molecule has 3 aromatic rings. The summed E-state index contributed by atoms with van der Waals surface area (Å²) in [4.78, 5) is 25.3. The zero-order valence-corrected chi connectivity index (χ0v) is 17.8. The molecular formula is C22H24ClN5O2. The fraction of sp³-hybridized carbons (Fsp3) is 0.273. The highest BCUT2D eigenvalue weighted by Crippen LogP contribution is 2.31. The molecule has 0 spiro atoms. The molecule has 0 aliphatic heterocycles. The number of rotatable bonds is 7. The van der Waals surface area contributed by atoms with Crippen molar-refractivity contribution in [1.82, 2.24) is 20.3 Å². The number of hydrogen-bond acceptors (Lipinski definition) is 6. The monoisotopic (exact) mass is 425 g/mol. The molecule has 0 fully saturated rings. The van der Waals surface area contributed by atoms with Gasteiger partial charge in [0.05, 0.1) is 28.1 Å². The lowest BCUT2D eigenvalue weighted by Gasteiger charge is -2.18. The number of carbonyl (C=O) groups excluding carboxylic acids is 1. The molecule has 3 heterocycles. The van der Waals surface area contributed by atoms with E-state index in [-0.39, 0.29) is 18.4 Å². The molecule has 0 aliphatic rings. The Morgan fingerprint density at radius 2 is 1.90 bits per heavy atom. The molecule has 0 aromatic carbocycles. The lowest BCUT2D eigenvalue weighted by Crippen LogP contribution is -2.31. The van der Waals surface area contributed by atoms with Crippen molar-refractivity contribution < 1.29 is 9.90 Å². The minimum absolute atomic E-state index is 0.158. The molecular weight excluding hydrogens is 402 g/mol. The number of aliphatic hydroxyl groups excluding tert-OH is 1. The van der Waals surface area contributed by atoms with Crippen molar-refractivity contribution in [2.24, 2.45) is 0 Å². The van der Waals surface area contributed by atoms with Crippen LogP contribution in [-0.4, -0.2) is 38.6 Å². The summed E-state index contributed by atoms with van der Waals surface area (Å²) < 4.78 is 0. The summed E-state index contributed by atoms with van der Waals surface area (Å²) in [5.74, 6) is -0.105. The number of hydrogen-bond donors (Lipinski definition) is 3. The second kappa shape index (κ2) is 9.65. The summed E-state index contributed by atoms with van der Waals surface area (Å²) in [6, 6.07) is 5.46. The van der Waals surface area contributed by atoms with Crippen molar-refractivity contribution in [3.05, 3.63) is 65.3 Å². The fourth-order valence-corrected chi connectivity index (χ4v) is 3.08. The third-order valence-electron chi connectivity index (χ3n) is 4.45. The SMILES string of the molecule is CC(O)CNC(=O)c1cnccc1Nc1cc(-c2cncc(Cl)c2)ncc1C(C)C. The average molecular weight is 426 g/mol. The highest BCUT2D eigenvalue weighted by molar-refractivity contribution is 6.30. The largest absolute Gasteiger partial charge is 0.392 e. The van der Waals surface area contributed by atoms with Crippen LogP contribution in [0.1, 0.15) is 42.6 Å². The van der Waals surface area contributed by atoms with Crippen molar-refractivity contribution >= 4 is 28.9 Å². The molecule has 1 unspecified atom stereocenters. The summed E-state index contributed by atoms with van der Waals surface area (Å²) in [6.45, 7) is 5.92. The van der Waals surface area contributed by atoms with E-state index in [0.29, 0.717) is 22.0 Å². The standard InChI is InChI=1S/C22H24ClN5O2/c1-13(2)17-12-26-20(15-6-16(23)10-25-9-15)7-21(17)28-19-4-5-24-11-18(19)22(30)27-8-14(3)29/h4-7,9-14,29H,8H2,1-3H3,(H,27,30)(H,24,26,28). The van der Waals surface area contributed by atoms with Crippen LogP contribution in [0.15, 0.2) is 49.2 Å². The first-order valence-electron chi connectivity index (χ1n) is 9.63. The van der Waals surface area contributed by atoms with Gasteiger partial charge in [-0.15, -0.1) is 0 Å². The molecule has 30 heavy (non-hydrogen) atoms. The Kier molecular flexibility index (Phi) is 6.97. The predicted octanol–water partition coefficient (Wildman–Crippen LogP) is 4.17. The molecule has 3 N–H and O–H groups in total. The van der Waals surface area contributed by atoms with Crippen LogP contribution in [0.4, 0.5) is 11.4 Å². The first-order chi connectivity index (χ1) is 14.3. The molecule has 1 amide bonds. The normalized spacial score (nSPS) is 11.9. The van der Waals surface area contributed by atoms with Gasteiger partial charge in [-0.05, 0) is 36.6 Å². The van der Waals surface area contributed by atoms with Crippen LogP contribution in [0.5, 0.6) is 0 Å². The van der Waals surface area contributed by atoms with Crippen molar-refractivity contribution in [3.8, 4) is 11.3 Å². The fourth-order valence-electron chi connectivity index (χ4n) is 2.91. The molecule has 3 aromatic heterocycles. The number of carbonyl (C=O) groups is 1. The average Bonchev–Trinajstić information content (AvgIpc) is 2.72. The quantitative estimate of drug-likeness (QED) is 0.525. The number of aromatic nitrogens is 3. The van der Waals surface area contributed by atoms with E-state index in [1.54, 1.807) is 37.6 Å². The van der Waals surface area contributed by atoms with Gasteiger partial charge in [0.1, 0.15) is 0 Å². The Morgan fingerprint density at radius 3 is 2.60 bits per heavy atom. The van der Waals surface area contributed by atoms with Gasteiger partial charge in [0.25, 0.3) is 5.91 Å². The Morgan fingerprint density at radius 1 is 1.10 bits per heavy atom. The van der Waals surface area contributed by atoms with Gasteiger partial charge in [-0.1, -0.05) is 25.4 Å². The van der Waals surface area contributed by atoms with E-state index < -0.39 is 6.10 Å². The Balaban J connectivity index is 1.98. The number of nitrogens with zero attached hydrogens (tertiary/aromatic N) is 3. The van der Waals surface area contributed by atoms with E-state index >= 15 is 0 Å². The van der Waals surface area contributed by atoms with E-state index in [1.807, 2.05) is 12.3 Å². The number of pyridine rings is 3. The predicted molar refractivity (Wildman–Crippen MR) is 118 cm³/mol. The van der Waals surface area contributed by atoms with Gasteiger partial charge in [-0.3, -0.25) is 19.7 Å². The van der Waals surface area contributed by atoms with Crippen LogP contribution in [0.3, 0.4) is 0 Å². The van der Waals surface area contributed by atoms with Crippen LogP contribution in [0.25, 0.3) is 11.3 Å². The van der Waals surface area contributed by atoms with Gasteiger partial charge in [0, 0.05) is 48.8 Å². The van der Waals surface area contributed by atoms with Crippen LogP contribution in [-0.2, 0) is 0 Å². The number of amides is 1. The molecule has 156 valence electrons. The number of anilines is 2. The molecule has 3 rings (SSSR count). The molecule has 1 atom stereocenters. The van der Waals surface area contributed by atoms with Gasteiger partial charge in [0.15, 0.2) is 0 Å². The molecule has 8 heteroatoms. The minimum Gasteiger partial charge on any atom is -0.392 e. The zero-order valence-electron chi connectivity index (χ0n) is 17.1. The second-order valence-corrected chi connectivity index (χ2v) is 7.75. The smallest absolute Gasteiger partial charge is 0.255 e. The summed E-state index contributed by atoms with van der Waals surface area (Å²) in [5.41, 5.74) is 4.33. The lowest BCUT2D eigenvalue weighted by atomic mass is 10.0. The molecule has 0 aliphatic carbocycles. The van der Waals surface area contributed by atoms with E-state index in [2.05, 4.69) is 39.4 Å². The van der Waals surface area contributed by atoms with Crippen molar-refractivity contribution in [3.63, 3.8) is 0 Å². The number of aliphatic hydroxyl groups is 1. The van der Waals surface area contributed by atoms with E-state index in [0.717, 1.165) is 16.8 Å². The lowest BCUT2D eigenvalue weighted by molar-refractivity contribution is 0.0924. The van der Waals surface area contributed by atoms with E-state index in [9.17, 15) is 9.90 Å². The summed E-state index contributed by atoms with van der Waals surface area (Å²) in [7, 11) is 0. The van der Waals surface area contributed by atoms with Crippen LogP contribution < -0.4 is 10.6 Å². The second-order valence-electron chi connectivity index (χ2n) is 7.31. The molecule has 0 radical (unpaired) electrons. The van der Waals surface area contributed by atoms with E-state index in [4.69, 9.17) is 11.6 Å². The van der Waals surface area contributed by atoms with Crippen LogP contribution in [0.2, 0.25) is 5.02 Å². The van der Waals surface area contributed by atoms with E-state index in [1.165, 1.54) is 6.20 Å². The highest BCUT2D eigenvalue weighted by Gasteiger charge is 2.16. The van der Waals surface area contributed by atoms with Crippen molar-refractivity contribution in [2.45, 2.75) is 32.8 Å². The number of halogens is 1. The molecule has 7 nitrogen and oxygen atoms in total. The van der Waals surface area contributed by atoms with Gasteiger partial charge < -0.3 is 15.7 Å². The molecule has 0 bridgehead atoms. The Bertz CT molecular complexity index is 1040. The maximum atomic E-state index is 12.6. The first-order valence-corrected chi connectivity index (χ1v) is 10.0.